The van der Waals surface area contributed by atoms with Gasteiger partial charge in [-0.2, -0.15) is 13.2 Å². The van der Waals surface area contributed by atoms with Crippen molar-refractivity contribution in [3.63, 3.8) is 0 Å². The first-order chi connectivity index (χ1) is 6.93. The minimum Gasteiger partial charge on any atom is -0.385 e. The average Bonchev–Trinajstić information content (AvgIpc) is 2.17. The van der Waals surface area contributed by atoms with E-state index in [9.17, 15) is 18.0 Å². The molecule has 15 heavy (non-hydrogen) atoms. The van der Waals surface area contributed by atoms with E-state index in [-0.39, 0.29) is 12.0 Å². The zero-order chi connectivity index (χ0) is 11.5. The summed E-state index contributed by atoms with van der Waals surface area (Å²) >= 11 is 0. The van der Waals surface area contributed by atoms with Crippen LogP contribution in [0.25, 0.3) is 0 Å². The van der Waals surface area contributed by atoms with Gasteiger partial charge in [0.1, 0.15) is 12.4 Å². The molecule has 5 heteroatoms. The van der Waals surface area contributed by atoms with Gasteiger partial charge in [0.05, 0.1) is 5.56 Å². The first-order valence-electron chi connectivity index (χ1n) is 4.23. The summed E-state index contributed by atoms with van der Waals surface area (Å²) in [5, 5.41) is 8.96. The zero-order valence-corrected chi connectivity index (χ0v) is 7.66. The normalized spacial score (nSPS) is 13.6. The molecule has 0 saturated carbocycles. The highest BCUT2D eigenvalue weighted by Gasteiger charge is 2.30. The third kappa shape index (κ3) is 3.36. The van der Waals surface area contributed by atoms with Crippen molar-refractivity contribution < 1.29 is 23.1 Å². The molecule has 0 saturated heterocycles. The van der Waals surface area contributed by atoms with Crippen LogP contribution in [0.15, 0.2) is 24.3 Å². The SMILES string of the molecule is O=CC(O)Cc1cccc(C(F)(F)F)c1. The van der Waals surface area contributed by atoms with Crippen molar-refractivity contribution in [1.29, 1.82) is 0 Å². The van der Waals surface area contributed by atoms with E-state index >= 15 is 0 Å². The molecule has 0 spiro atoms. The fourth-order valence-electron chi connectivity index (χ4n) is 1.16. The molecule has 0 amide bonds. The second-order valence-electron chi connectivity index (χ2n) is 3.11. The van der Waals surface area contributed by atoms with Gasteiger partial charge in [-0.25, -0.2) is 0 Å². The minimum atomic E-state index is -4.40. The summed E-state index contributed by atoms with van der Waals surface area (Å²) in [6.45, 7) is 0. The van der Waals surface area contributed by atoms with Gasteiger partial charge in [-0.05, 0) is 11.6 Å². The number of aliphatic hydroxyl groups is 1. The van der Waals surface area contributed by atoms with Gasteiger partial charge >= 0.3 is 6.18 Å². The average molecular weight is 218 g/mol. The van der Waals surface area contributed by atoms with Crippen LogP contribution < -0.4 is 0 Å². The Morgan fingerprint density at radius 2 is 2.07 bits per heavy atom. The topological polar surface area (TPSA) is 37.3 Å². The van der Waals surface area contributed by atoms with Gasteiger partial charge in [0, 0.05) is 6.42 Å². The zero-order valence-electron chi connectivity index (χ0n) is 7.66. The number of rotatable bonds is 3. The van der Waals surface area contributed by atoms with Crippen LogP contribution in [0.4, 0.5) is 13.2 Å². The molecule has 1 rings (SSSR count). The van der Waals surface area contributed by atoms with Crippen molar-refractivity contribution in [2.24, 2.45) is 0 Å². The van der Waals surface area contributed by atoms with E-state index in [1.807, 2.05) is 0 Å². The van der Waals surface area contributed by atoms with Gasteiger partial charge < -0.3 is 9.90 Å². The number of hydrogen-bond donors (Lipinski definition) is 1. The second-order valence-corrected chi connectivity index (χ2v) is 3.11. The third-order valence-electron chi connectivity index (χ3n) is 1.86. The van der Waals surface area contributed by atoms with Crippen molar-refractivity contribution in [3.8, 4) is 0 Å². The highest BCUT2D eigenvalue weighted by molar-refractivity contribution is 5.56. The Hall–Kier alpha value is -1.36. The van der Waals surface area contributed by atoms with Gasteiger partial charge in [0.2, 0.25) is 0 Å². The molecule has 0 aliphatic carbocycles. The minimum absolute atomic E-state index is 0.104. The predicted octanol–water partition coefficient (Wildman–Crippen LogP) is 1.81. The molecule has 1 N–H and O–H groups in total. The quantitative estimate of drug-likeness (QED) is 0.785. The molecule has 82 valence electrons. The fourth-order valence-corrected chi connectivity index (χ4v) is 1.16. The molecule has 0 aliphatic heterocycles. The molecule has 0 fully saturated rings. The Morgan fingerprint density at radius 3 is 2.60 bits per heavy atom. The highest BCUT2D eigenvalue weighted by atomic mass is 19.4. The van der Waals surface area contributed by atoms with E-state index in [2.05, 4.69) is 0 Å². The van der Waals surface area contributed by atoms with Crippen molar-refractivity contribution >= 4 is 6.29 Å². The summed E-state index contributed by atoms with van der Waals surface area (Å²) in [5.41, 5.74) is -0.498. The highest BCUT2D eigenvalue weighted by Crippen LogP contribution is 2.29. The summed E-state index contributed by atoms with van der Waals surface area (Å²) in [4.78, 5) is 10.1. The number of alkyl halides is 3. The maximum atomic E-state index is 12.3. The number of carbonyl (C=O) groups is 1. The lowest BCUT2D eigenvalue weighted by atomic mass is 10.1. The maximum absolute atomic E-state index is 12.3. The van der Waals surface area contributed by atoms with Crippen LogP contribution in [-0.4, -0.2) is 17.5 Å². The number of carbonyl (C=O) groups excluding carboxylic acids is 1. The number of aldehydes is 1. The van der Waals surface area contributed by atoms with E-state index in [1.165, 1.54) is 12.1 Å². The van der Waals surface area contributed by atoms with Gasteiger partial charge in [-0.1, -0.05) is 18.2 Å². The first-order valence-corrected chi connectivity index (χ1v) is 4.23. The van der Waals surface area contributed by atoms with E-state index in [4.69, 9.17) is 5.11 Å². The largest absolute Gasteiger partial charge is 0.416 e. The fraction of sp³-hybridized carbons (Fsp3) is 0.300. The van der Waals surface area contributed by atoms with Crippen LogP contribution in [0.2, 0.25) is 0 Å². The molecular weight excluding hydrogens is 209 g/mol. The molecule has 0 bridgehead atoms. The van der Waals surface area contributed by atoms with Gasteiger partial charge in [-0.15, -0.1) is 0 Å². The predicted molar refractivity (Wildman–Crippen MR) is 47.2 cm³/mol. The van der Waals surface area contributed by atoms with E-state index < -0.39 is 17.8 Å². The monoisotopic (exact) mass is 218 g/mol. The number of aliphatic hydroxyl groups excluding tert-OH is 1. The number of halogens is 3. The lowest BCUT2D eigenvalue weighted by Crippen LogP contribution is -2.12. The van der Waals surface area contributed by atoms with Crippen LogP contribution >= 0.6 is 0 Å². The van der Waals surface area contributed by atoms with E-state index in [0.29, 0.717) is 6.29 Å². The van der Waals surface area contributed by atoms with E-state index in [0.717, 1.165) is 12.1 Å². The Balaban J connectivity index is 2.88. The molecule has 2 nitrogen and oxygen atoms in total. The molecule has 1 unspecified atom stereocenters. The molecular formula is C10H9F3O2. The lowest BCUT2D eigenvalue weighted by molar-refractivity contribution is -0.137. The summed E-state index contributed by atoms with van der Waals surface area (Å²) in [6.07, 6.45) is -5.47. The number of benzene rings is 1. The molecule has 1 atom stereocenters. The Morgan fingerprint density at radius 1 is 1.40 bits per heavy atom. The molecule has 1 aromatic carbocycles. The van der Waals surface area contributed by atoms with Crippen molar-refractivity contribution in [2.75, 3.05) is 0 Å². The van der Waals surface area contributed by atoms with Crippen molar-refractivity contribution in [3.05, 3.63) is 35.4 Å². The molecule has 0 aromatic heterocycles. The van der Waals surface area contributed by atoms with Gasteiger partial charge in [0.15, 0.2) is 0 Å². The standard InChI is InChI=1S/C10H9F3O2/c11-10(12,13)8-3-1-2-7(4-8)5-9(15)6-14/h1-4,6,9,15H,5H2. The third-order valence-corrected chi connectivity index (χ3v) is 1.86. The van der Waals surface area contributed by atoms with Crippen LogP contribution in [0.3, 0.4) is 0 Å². The van der Waals surface area contributed by atoms with Crippen LogP contribution in [0.1, 0.15) is 11.1 Å². The van der Waals surface area contributed by atoms with Crippen molar-refractivity contribution in [2.45, 2.75) is 18.7 Å². The van der Waals surface area contributed by atoms with E-state index in [1.54, 1.807) is 0 Å². The molecule has 0 heterocycles. The smallest absolute Gasteiger partial charge is 0.385 e. The summed E-state index contributed by atoms with van der Waals surface area (Å²) < 4.78 is 36.8. The van der Waals surface area contributed by atoms with Crippen LogP contribution in [0.5, 0.6) is 0 Å². The Bertz CT molecular complexity index is 347. The second kappa shape index (κ2) is 4.44. The summed E-state index contributed by atoms with van der Waals surface area (Å²) in [7, 11) is 0. The first kappa shape index (κ1) is 11.7. The van der Waals surface area contributed by atoms with Crippen LogP contribution in [-0.2, 0) is 17.4 Å². The molecule has 1 aromatic rings. The summed E-state index contributed by atoms with van der Waals surface area (Å²) in [5.74, 6) is 0. The Kier molecular flexibility index (Phi) is 3.47. The van der Waals surface area contributed by atoms with Gasteiger partial charge in [0.25, 0.3) is 0 Å². The molecule has 0 aliphatic rings. The lowest BCUT2D eigenvalue weighted by Gasteiger charge is -2.09. The van der Waals surface area contributed by atoms with Crippen LogP contribution in [0, 0.1) is 0 Å². The van der Waals surface area contributed by atoms with Crippen molar-refractivity contribution in [1.82, 2.24) is 0 Å². The van der Waals surface area contributed by atoms with Gasteiger partial charge in [-0.3, -0.25) is 0 Å². The Labute approximate surface area is 84.3 Å². The molecule has 0 radical (unpaired) electrons. The summed E-state index contributed by atoms with van der Waals surface area (Å²) in [6, 6.07) is 4.54. The maximum Gasteiger partial charge on any atom is 0.416 e. The number of hydrogen-bond acceptors (Lipinski definition) is 2.